The van der Waals surface area contributed by atoms with Gasteiger partial charge in [-0.25, -0.2) is 14.2 Å². The molecule has 1 aliphatic heterocycles. The lowest BCUT2D eigenvalue weighted by Gasteiger charge is -2.23. The summed E-state index contributed by atoms with van der Waals surface area (Å²) in [6, 6.07) is 7.93. The second kappa shape index (κ2) is 9.65. The number of carbonyl (C=O) groups is 2. The monoisotopic (exact) mass is 383 g/mol. The molecule has 144 valence electrons. The lowest BCUT2D eigenvalue weighted by molar-refractivity contribution is -0.178. The molecule has 0 spiro atoms. The Balaban J connectivity index is 1.90. The summed E-state index contributed by atoms with van der Waals surface area (Å²) in [6.45, 7) is 1.68. The van der Waals surface area contributed by atoms with Crippen molar-refractivity contribution in [3.05, 3.63) is 29.8 Å². The van der Waals surface area contributed by atoms with Crippen molar-refractivity contribution >= 4 is 23.9 Å². The highest BCUT2D eigenvalue weighted by Gasteiger charge is 2.33. The van der Waals surface area contributed by atoms with E-state index in [1.165, 1.54) is 19.7 Å². The number of hydroxylamine groups is 2. The first-order valence-electron chi connectivity index (χ1n) is 8.25. The predicted molar refractivity (Wildman–Crippen MR) is 98.3 cm³/mol. The lowest BCUT2D eigenvalue weighted by Crippen LogP contribution is -2.41. The molecule has 1 saturated heterocycles. The van der Waals surface area contributed by atoms with Crippen LogP contribution >= 0.6 is 11.9 Å². The quantitative estimate of drug-likeness (QED) is 0.540. The molecule has 2 N–H and O–H groups in total. The molecule has 1 fully saturated rings. The zero-order chi connectivity index (χ0) is 19.1. The molecule has 26 heavy (non-hydrogen) atoms. The number of benzene rings is 1. The van der Waals surface area contributed by atoms with Crippen molar-refractivity contribution in [1.82, 2.24) is 9.37 Å². The number of primary amides is 1. The average Bonchev–Trinajstić information content (AvgIpc) is 3.07. The maximum absolute atomic E-state index is 12.3. The first kappa shape index (κ1) is 20.3. The normalized spacial score (nSPS) is 18.3. The van der Waals surface area contributed by atoms with Crippen molar-refractivity contribution in [1.29, 1.82) is 0 Å². The van der Waals surface area contributed by atoms with E-state index in [1.54, 1.807) is 19.1 Å². The second-order valence-corrected chi connectivity index (χ2v) is 7.30. The van der Waals surface area contributed by atoms with Crippen molar-refractivity contribution < 1.29 is 23.9 Å². The Hall–Kier alpha value is -1.97. The van der Waals surface area contributed by atoms with Gasteiger partial charge in [0.2, 0.25) is 0 Å². The largest absolute Gasteiger partial charge is 0.497 e. The van der Waals surface area contributed by atoms with E-state index in [0.717, 1.165) is 30.3 Å². The van der Waals surface area contributed by atoms with Crippen molar-refractivity contribution in [2.24, 2.45) is 5.73 Å². The highest BCUT2D eigenvalue weighted by molar-refractivity contribution is 7.97. The molecule has 1 aromatic carbocycles. The summed E-state index contributed by atoms with van der Waals surface area (Å²) in [5.41, 5.74) is 6.28. The van der Waals surface area contributed by atoms with E-state index in [4.69, 9.17) is 20.0 Å². The van der Waals surface area contributed by atoms with E-state index in [9.17, 15) is 9.59 Å². The van der Waals surface area contributed by atoms with Gasteiger partial charge in [0.1, 0.15) is 5.75 Å². The second-order valence-electron chi connectivity index (χ2n) is 5.91. The fourth-order valence-corrected chi connectivity index (χ4v) is 4.01. The van der Waals surface area contributed by atoms with Gasteiger partial charge < -0.3 is 15.2 Å². The molecule has 8 nitrogen and oxygen atoms in total. The van der Waals surface area contributed by atoms with Gasteiger partial charge in [0, 0.05) is 31.8 Å². The van der Waals surface area contributed by atoms with Crippen LogP contribution in [-0.4, -0.2) is 60.5 Å². The molecule has 0 radical (unpaired) electrons. The Bertz CT molecular complexity index is 613. The summed E-state index contributed by atoms with van der Waals surface area (Å²) in [5, 5.41) is 1.20. The standard InChI is InChI=1S/C17H25N3O5S/c1-19(24-3)16(21)15(25-17(18)22)10-14-8-9-20(26-14)11-12-4-6-13(23-2)7-5-12/h4-7,14-15H,8-11H2,1-3H3,(H2,18,22)/t14?,15-/m0/s1. The van der Waals surface area contributed by atoms with Crippen LogP contribution in [0, 0.1) is 0 Å². The van der Waals surface area contributed by atoms with Gasteiger partial charge in [-0.05, 0) is 24.1 Å². The Labute approximate surface area is 157 Å². The van der Waals surface area contributed by atoms with Crippen LogP contribution in [0.3, 0.4) is 0 Å². The van der Waals surface area contributed by atoms with Gasteiger partial charge in [0.05, 0.1) is 14.2 Å². The van der Waals surface area contributed by atoms with Gasteiger partial charge in [-0.1, -0.05) is 24.1 Å². The summed E-state index contributed by atoms with van der Waals surface area (Å²) in [5.74, 6) is 0.397. The van der Waals surface area contributed by atoms with Crippen molar-refractivity contribution in [2.45, 2.75) is 30.7 Å². The number of carbonyl (C=O) groups excluding carboxylic acids is 2. The fourth-order valence-electron chi connectivity index (χ4n) is 2.69. The molecule has 0 bridgehead atoms. The number of ether oxygens (including phenoxy) is 2. The van der Waals surface area contributed by atoms with E-state index in [1.807, 2.05) is 24.3 Å². The molecule has 0 saturated carbocycles. The van der Waals surface area contributed by atoms with Gasteiger partial charge in [-0.15, -0.1) is 0 Å². The van der Waals surface area contributed by atoms with Crippen LogP contribution in [0.5, 0.6) is 5.75 Å². The maximum atomic E-state index is 12.3. The van der Waals surface area contributed by atoms with Crippen LogP contribution in [0.15, 0.2) is 24.3 Å². The molecule has 2 amide bonds. The number of rotatable bonds is 8. The zero-order valence-corrected chi connectivity index (χ0v) is 16.0. The number of methoxy groups -OCH3 is 1. The Morgan fingerprint density at radius 2 is 2.04 bits per heavy atom. The van der Waals surface area contributed by atoms with E-state index in [-0.39, 0.29) is 5.25 Å². The van der Waals surface area contributed by atoms with E-state index >= 15 is 0 Å². The van der Waals surface area contributed by atoms with Gasteiger partial charge >= 0.3 is 6.09 Å². The highest BCUT2D eigenvalue weighted by Crippen LogP contribution is 2.33. The molecule has 1 aromatic rings. The van der Waals surface area contributed by atoms with Crippen LogP contribution < -0.4 is 10.5 Å². The third kappa shape index (κ3) is 5.79. The summed E-state index contributed by atoms with van der Waals surface area (Å²) in [6.07, 6.45) is -0.635. The summed E-state index contributed by atoms with van der Waals surface area (Å²) in [4.78, 5) is 28.3. The molecular formula is C17H25N3O5S. The number of nitrogens with zero attached hydrogens (tertiary/aromatic N) is 2. The third-order valence-electron chi connectivity index (χ3n) is 4.11. The number of hydrogen-bond donors (Lipinski definition) is 1. The van der Waals surface area contributed by atoms with E-state index < -0.39 is 18.1 Å². The Morgan fingerprint density at radius 1 is 1.35 bits per heavy atom. The fraction of sp³-hybridized carbons (Fsp3) is 0.529. The molecule has 2 rings (SSSR count). The number of nitrogens with two attached hydrogens (primary N) is 1. The molecule has 0 aliphatic carbocycles. The maximum Gasteiger partial charge on any atom is 0.405 e. The van der Waals surface area contributed by atoms with Gasteiger partial charge in [-0.2, -0.15) is 0 Å². The van der Waals surface area contributed by atoms with E-state index in [0.29, 0.717) is 6.42 Å². The topological polar surface area (TPSA) is 94.3 Å². The van der Waals surface area contributed by atoms with Crippen molar-refractivity contribution in [2.75, 3.05) is 27.8 Å². The van der Waals surface area contributed by atoms with E-state index in [2.05, 4.69) is 4.31 Å². The van der Waals surface area contributed by atoms with Crippen LogP contribution in [0.1, 0.15) is 18.4 Å². The van der Waals surface area contributed by atoms with Crippen LogP contribution in [0.25, 0.3) is 0 Å². The number of likely N-dealkylation sites (N-methyl/N-ethyl adjacent to an activating group) is 1. The molecule has 1 unspecified atom stereocenters. The highest BCUT2D eigenvalue weighted by atomic mass is 32.2. The van der Waals surface area contributed by atoms with Crippen LogP contribution in [-0.2, 0) is 20.9 Å². The smallest absolute Gasteiger partial charge is 0.405 e. The Morgan fingerprint density at radius 3 is 2.62 bits per heavy atom. The molecular weight excluding hydrogens is 358 g/mol. The van der Waals surface area contributed by atoms with Crippen molar-refractivity contribution in [3.8, 4) is 5.75 Å². The van der Waals surface area contributed by atoms with Gasteiger partial charge in [0.15, 0.2) is 6.10 Å². The minimum atomic E-state index is -0.967. The van der Waals surface area contributed by atoms with Gasteiger partial charge in [0.25, 0.3) is 5.91 Å². The molecule has 1 aliphatic rings. The number of hydrogen-bond acceptors (Lipinski definition) is 7. The predicted octanol–water partition coefficient (Wildman–Crippen LogP) is 1.79. The van der Waals surface area contributed by atoms with Crippen LogP contribution in [0.4, 0.5) is 4.79 Å². The molecule has 0 aromatic heterocycles. The summed E-state index contributed by atoms with van der Waals surface area (Å²) < 4.78 is 12.4. The third-order valence-corrected chi connectivity index (χ3v) is 5.45. The first-order valence-corrected chi connectivity index (χ1v) is 9.09. The number of amides is 2. The van der Waals surface area contributed by atoms with Crippen molar-refractivity contribution in [3.63, 3.8) is 0 Å². The lowest BCUT2D eigenvalue weighted by atomic mass is 10.1. The minimum absolute atomic E-state index is 0.159. The average molecular weight is 383 g/mol. The molecule has 1 heterocycles. The first-order chi connectivity index (χ1) is 12.4. The zero-order valence-electron chi connectivity index (χ0n) is 15.2. The minimum Gasteiger partial charge on any atom is -0.497 e. The molecule has 9 heteroatoms. The Kier molecular flexibility index (Phi) is 7.55. The van der Waals surface area contributed by atoms with Gasteiger partial charge in [-0.3, -0.25) is 9.63 Å². The SMILES string of the molecule is COc1ccc(CN2CCC(C[C@H](OC(N)=O)C(=O)N(C)OC)S2)cc1. The summed E-state index contributed by atoms with van der Waals surface area (Å²) in [7, 11) is 4.49. The molecule has 2 atom stereocenters. The summed E-state index contributed by atoms with van der Waals surface area (Å²) >= 11 is 1.67. The van der Waals surface area contributed by atoms with Crippen LogP contribution in [0.2, 0.25) is 0 Å².